The van der Waals surface area contributed by atoms with Gasteiger partial charge in [0.15, 0.2) is 11.0 Å². The van der Waals surface area contributed by atoms with Crippen molar-refractivity contribution in [2.24, 2.45) is 0 Å². The molecule has 0 unspecified atom stereocenters. The van der Waals surface area contributed by atoms with E-state index in [1.807, 2.05) is 16.7 Å². The zero-order valence-corrected chi connectivity index (χ0v) is 16.7. The molecule has 1 aromatic heterocycles. The summed E-state index contributed by atoms with van der Waals surface area (Å²) in [4.78, 5) is 12.5. The Morgan fingerprint density at radius 2 is 1.93 bits per heavy atom. The Hall–Kier alpha value is -2.64. The molecule has 1 heterocycles. The molecule has 0 aliphatic rings. The Kier molecular flexibility index (Phi) is 6.49. The number of amides is 1. The quantitative estimate of drug-likeness (QED) is 0.433. The molecular formula is C20H18ClFN4OS. The van der Waals surface area contributed by atoms with Crippen LogP contribution >= 0.6 is 23.4 Å². The molecule has 5 nitrogen and oxygen atoms in total. The maximum Gasteiger partial charge on any atom is 0.237 e. The molecule has 8 heteroatoms. The Labute approximate surface area is 171 Å². The van der Waals surface area contributed by atoms with Gasteiger partial charge in [-0.2, -0.15) is 0 Å². The minimum atomic E-state index is -0.434. The van der Waals surface area contributed by atoms with Crippen LogP contribution in [0.25, 0.3) is 11.4 Å². The zero-order valence-electron chi connectivity index (χ0n) is 15.1. The first-order valence-corrected chi connectivity index (χ1v) is 9.77. The van der Waals surface area contributed by atoms with Crippen molar-refractivity contribution < 1.29 is 9.18 Å². The van der Waals surface area contributed by atoms with Gasteiger partial charge in [-0.05, 0) is 55.5 Å². The average molecular weight is 417 g/mol. The molecule has 144 valence electrons. The van der Waals surface area contributed by atoms with Crippen LogP contribution < -0.4 is 5.32 Å². The molecular weight excluding hydrogens is 399 g/mol. The van der Waals surface area contributed by atoms with Gasteiger partial charge < -0.3 is 5.32 Å². The first-order valence-electron chi connectivity index (χ1n) is 8.51. The highest BCUT2D eigenvalue weighted by Gasteiger charge is 2.20. The van der Waals surface area contributed by atoms with Crippen molar-refractivity contribution in [3.63, 3.8) is 0 Å². The number of nitrogens with zero attached hydrogens (tertiary/aromatic N) is 3. The number of anilines is 1. The van der Waals surface area contributed by atoms with Gasteiger partial charge in [0.1, 0.15) is 5.82 Å². The predicted octanol–water partition coefficient (Wildman–Crippen LogP) is 5.04. The zero-order chi connectivity index (χ0) is 20.1. The van der Waals surface area contributed by atoms with Crippen molar-refractivity contribution in [3.8, 4) is 11.4 Å². The van der Waals surface area contributed by atoms with Crippen molar-refractivity contribution >= 4 is 35.0 Å². The molecule has 1 atom stereocenters. The van der Waals surface area contributed by atoms with Crippen LogP contribution in [0.1, 0.15) is 6.92 Å². The third-order valence-corrected chi connectivity index (χ3v) is 5.23. The third-order valence-electron chi connectivity index (χ3n) is 3.89. The molecule has 0 aliphatic heterocycles. The lowest BCUT2D eigenvalue weighted by Gasteiger charge is -2.13. The lowest BCUT2D eigenvalue weighted by molar-refractivity contribution is -0.115. The van der Waals surface area contributed by atoms with Gasteiger partial charge in [-0.15, -0.1) is 16.8 Å². The maximum atomic E-state index is 13.0. The van der Waals surface area contributed by atoms with Gasteiger partial charge in [0.2, 0.25) is 5.91 Å². The van der Waals surface area contributed by atoms with Gasteiger partial charge in [0.05, 0.1) is 5.25 Å². The van der Waals surface area contributed by atoms with Crippen molar-refractivity contribution in [1.29, 1.82) is 0 Å². The summed E-state index contributed by atoms with van der Waals surface area (Å²) in [7, 11) is 0. The maximum absolute atomic E-state index is 13.0. The second-order valence-electron chi connectivity index (χ2n) is 5.97. The van der Waals surface area contributed by atoms with Crippen molar-refractivity contribution in [3.05, 3.63) is 72.0 Å². The summed E-state index contributed by atoms with van der Waals surface area (Å²) < 4.78 is 14.9. The van der Waals surface area contributed by atoms with Crippen LogP contribution in [-0.4, -0.2) is 25.9 Å². The topological polar surface area (TPSA) is 59.8 Å². The fraction of sp³-hybridized carbons (Fsp3) is 0.150. The van der Waals surface area contributed by atoms with Gasteiger partial charge in [0, 0.05) is 22.8 Å². The average Bonchev–Trinajstić information content (AvgIpc) is 3.07. The van der Waals surface area contributed by atoms with E-state index < -0.39 is 5.25 Å². The molecule has 2 aromatic carbocycles. The summed E-state index contributed by atoms with van der Waals surface area (Å²) in [6.45, 7) is 6.06. The van der Waals surface area contributed by atoms with E-state index >= 15 is 0 Å². The van der Waals surface area contributed by atoms with Crippen LogP contribution in [0.5, 0.6) is 0 Å². The monoisotopic (exact) mass is 416 g/mol. The highest BCUT2D eigenvalue weighted by molar-refractivity contribution is 8.00. The van der Waals surface area contributed by atoms with E-state index in [1.54, 1.807) is 25.1 Å². The summed E-state index contributed by atoms with van der Waals surface area (Å²) in [5.41, 5.74) is 1.40. The normalized spacial score (nSPS) is 11.8. The number of hydrogen-bond donors (Lipinski definition) is 1. The van der Waals surface area contributed by atoms with Crippen molar-refractivity contribution in [2.45, 2.75) is 23.9 Å². The van der Waals surface area contributed by atoms with Gasteiger partial charge in [-0.25, -0.2) is 4.39 Å². The number of hydrogen-bond acceptors (Lipinski definition) is 4. The molecule has 0 saturated carbocycles. The van der Waals surface area contributed by atoms with Crippen LogP contribution in [0.15, 0.2) is 66.3 Å². The van der Waals surface area contributed by atoms with Gasteiger partial charge in [-0.1, -0.05) is 29.4 Å². The number of carbonyl (C=O) groups is 1. The molecule has 1 N–H and O–H groups in total. The number of nitrogens with one attached hydrogen (secondary N) is 1. The fourth-order valence-corrected chi connectivity index (χ4v) is 3.46. The molecule has 0 saturated heterocycles. The minimum absolute atomic E-state index is 0.210. The number of carbonyl (C=O) groups excluding carboxylic acids is 1. The van der Waals surface area contributed by atoms with Crippen LogP contribution in [0.2, 0.25) is 5.02 Å². The molecule has 3 aromatic rings. The van der Waals surface area contributed by atoms with E-state index in [0.717, 1.165) is 5.56 Å². The number of halogens is 2. The molecule has 1 amide bonds. The number of rotatable bonds is 7. The first-order chi connectivity index (χ1) is 13.5. The summed E-state index contributed by atoms with van der Waals surface area (Å²) >= 11 is 7.24. The van der Waals surface area contributed by atoms with E-state index in [-0.39, 0.29) is 11.7 Å². The van der Waals surface area contributed by atoms with Gasteiger partial charge in [0.25, 0.3) is 0 Å². The Morgan fingerprint density at radius 3 is 2.57 bits per heavy atom. The summed E-state index contributed by atoms with van der Waals surface area (Å²) in [6.07, 6.45) is 1.75. The molecule has 28 heavy (non-hydrogen) atoms. The Morgan fingerprint density at radius 1 is 1.25 bits per heavy atom. The van der Waals surface area contributed by atoms with Crippen LogP contribution in [0.3, 0.4) is 0 Å². The van der Waals surface area contributed by atoms with E-state index in [1.165, 1.54) is 36.0 Å². The highest BCUT2D eigenvalue weighted by Crippen LogP contribution is 2.28. The lowest BCUT2D eigenvalue weighted by atomic mass is 10.2. The number of aromatic nitrogens is 3. The van der Waals surface area contributed by atoms with Crippen LogP contribution in [0.4, 0.5) is 10.1 Å². The minimum Gasteiger partial charge on any atom is -0.325 e. The SMILES string of the molecule is C=CCn1c(S[C@H](C)C(=O)Nc2ccc(F)cc2)nnc1-c1ccc(Cl)cc1. The summed E-state index contributed by atoms with van der Waals surface area (Å²) in [5, 5.41) is 12.1. The van der Waals surface area contributed by atoms with E-state index in [2.05, 4.69) is 22.1 Å². The predicted molar refractivity (Wildman–Crippen MR) is 111 cm³/mol. The van der Waals surface area contributed by atoms with Crippen molar-refractivity contribution in [2.75, 3.05) is 5.32 Å². The van der Waals surface area contributed by atoms with Gasteiger partial charge in [-0.3, -0.25) is 9.36 Å². The van der Waals surface area contributed by atoms with E-state index in [0.29, 0.717) is 28.2 Å². The third kappa shape index (κ3) is 4.79. The number of thioether (sulfide) groups is 1. The Bertz CT molecular complexity index is 973. The smallest absolute Gasteiger partial charge is 0.237 e. The standard InChI is InChI=1S/C20H18ClFN4OS/c1-3-12-26-18(14-4-6-15(21)7-5-14)24-25-20(26)28-13(2)19(27)23-17-10-8-16(22)9-11-17/h3-11,13H,1,12H2,2H3,(H,23,27)/t13-/m1/s1. The second-order valence-corrected chi connectivity index (χ2v) is 7.71. The van der Waals surface area contributed by atoms with Crippen LogP contribution in [-0.2, 0) is 11.3 Å². The molecule has 0 aliphatic carbocycles. The summed E-state index contributed by atoms with van der Waals surface area (Å²) in [5.74, 6) is 0.107. The van der Waals surface area contributed by atoms with Crippen LogP contribution in [0, 0.1) is 5.82 Å². The second kappa shape index (κ2) is 9.03. The molecule has 0 bridgehead atoms. The Balaban J connectivity index is 1.77. The number of allylic oxidation sites excluding steroid dienone is 1. The molecule has 0 radical (unpaired) electrons. The number of benzene rings is 2. The fourth-order valence-electron chi connectivity index (χ4n) is 2.47. The molecule has 0 spiro atoms. The lowest BCUT2D eigenvalue weighted by Crippen LogP contribution is -2.23. The highest BCUT2D eigenvalue weighted by atomic mass is 35.5. The van der Waals surface area contributed by atoms with Gasteiger partial charge >= 0.3 is 0 Å². The molecule has 3 rings (SSSR count). The first kappa shape index (κ1) is 20.1. The van der Waals surface area contributed by atoms with E-state index in [4.69, 9.17) is 11.6 Å². The largest absolute Gasteiger partial charge is 0.325 e. The summed E-state index contributed by atoms with van der Waals surface area (Å²) in [6, 6.07) is 12.9. The molecule has 0 fully saturated rings. The van der Waals surface area contributed by atoms with Crippen molar-refractivity contribution in [1.82, 2.24) is 14.8 Å². The van der Waals surface area contributed by atoms with E-state index in [9.17, 15) is 9.18 Å².